The highest BCUT2D eigenvalue weighted by Crippen LogP contribution is 2.15. The molecule has 0 saturated heterocycles. The highest BCUT2D eigenvalue weighted by Gasteiger charge is 2.16. The topological polar surface area (TPSA) is 23.5 Å². The molecule has 0 saturated carbocycles. The molecule has 0 aliphatic carbocycles. The minimum absolute atomic E-state index is 0.510. The first-order valence-corrected chi connectivity index (χ1v) is 4.75. The van der Waals surface area contributed by atoms with E-state index >= 15 is 0 Å². The maximum absolute atomic E-state index is 9.53. The van der Waals surface area contributed by atoms with Crippen molar-refractivity contribution in [3.05, 3.63) is 0 Å². The predicted octanol–water partition coefficient (Wildman–Crippen LogP) is 1.88. The van der Waals surface area contributed by atoms with Crippen LogP contribution < -0.4 is 0 Å². The van der Waals surface area contributed by atoms with Crippen molar-refractivity contribution in [1.29, 1.82) is 0 Å². The van der Waals surface area contributed by atoms with E-state index in [1.807, 2.05) is 13.8 Å². The van der Waals surface area contributed by atoms with Crippen LogP contribution in [-0.2, 0) is 0 Å². The number of rotatable bonds is 5. The molecule has 0 fully saturated rings. The molecule has 0 aromatic heterocycles. The Labute approximate surface area is 76.6 Å². The quantitative estimate of drug-likeness (QED) is 0.686. The summed E-state index contributed by atoms with van der Waals surface area (Å²) >= 11 is 0. The standard InChI is InChI=1S/C10H23NO/c1-6-9(11(4)5)7-8-10(2,3)12/h9,12H,6-8H2,1-5H3. The monoisotopic (exact) mass is 173 g/mol. The van der Waals surface area contributed by atoms with Crippen molar-refractivity contribution < 1.29 is 5.11 Å². The van der Waals surface area contributed by atoms with E-state index in [0.29, 0.717) is 6.04 Å². The van der Waals surface area contributed by atoms with Crippen molar-refractivity contribution in [2.75, 3.05) is 14.1 Å². The lowest BCUT2D eigenvalue weighted by Gasteiger charge is -2.26. The van der Waals surface area contributed by atoms with Gasteiger partial charge in [-0.05, 0) is 47.2 Å². The molecule has 2 heteroatoms. The van der Waals surface area contributed by atoms with Crippen LogP contribution in [0, 0.1) is 0 Å². The van der Waals surface area contributed by atoms with Gasteiger partial charge in [0.1, 0.15) is 0 Å². The lowest BCUT2D eigenvalue weighted by atomic mass is 9.98. The largest absolute Gasteiger partial charge is 0.390 e. The maximum Gasteiger partial charge on any atom is 0.0592 e. The van der Waals surface area contributed by atoms with E-state index in [0.717, 1.165) is 19.3 Å². The maximum atomic E-state index is 9.53. The molecule has 0 aliphatic rings. The Morgan fingerprint density at radius 1 is 1.33 bits per heavy atom. The fourth-order valence-electron chi connectivity index (χ4n) is 1.35. The van der Waals surface area contributed by atoms with E-state index in [4.69, 9.17) is 0 Å². The molecule has 2 nitrogen and oxygen atoms in total. The molecule has 0 spiro atoms. The van der Waals surface area contributed by atoms with Gasteiger partial charge in [-0.2, -0.15) is 0 Å². The first-order valence-electron chi connectivity index (χ1n) is 4.75. The fourth-order valence-corrected chi connectivity index (χ4v) is 1.35. The summed E-state index contributed by atoms with van der Waals surface area (Å²) in [6.45, 7) is 5.93. The van der Waals surface area contributed by atoms with E-state index in [1.165, 1.54) is 0 Å². The van der Waals surface area contributed by atoms with Gasteiger partial charge in [0.25, 0.3) is 0 Å². The van der Waals surface area contributed by atoms with E-state index in [2.05, 4.69) is 25.9 Å². The lowest BCUT2D eigenvalue weighted by Crippen LogP contribution is -2.30. The Balaban J connectivity index is 3.73. The highest BCUT2D eigenvalue weighted by atomic mass is 16.3. The molecule has 1 N–H and O–H groups in total. The molecule has 0 rings (SSSR count). The van der Waals surface area contributed by atoms with Gasteiger partial charge in [-0.3, -0.25) is 0 Å². The lowest BCUT2D eigenvalue weighted by molar-refractivity contribution is 0.0600. The van der Waals surface area contributed by atoms with Crippen molar-refractivity contribution in [2.24, 2.45) is 0 Å². The summed E-state index contributed by atoms with van der Waals surface area (Å²) in [5.74, 6) is 0. The third-order valence-electron chi connectivity index (χ3n) is 2.29. The van der Waals surface area contributed by atoms with Gasteiger partial charge in [-0.15, -0.1) is 0 Å². The minimum atomic E-state index is -0.510. The van der Waals surface area contributed by atoms with Gasteiger partial charge >= 0.3 is 0 Å². The van der Waals surface area contributed by atoms with Crippen LogP contribution in [0.3, 0.4) is 0 Å². The van der Waals surface area contributed by atoms with Crippen LogP contribution in [0.1, 0.15) is 40.0 Å². The molecular weight excluding hydrogens is 150 g/mol. The molecule has 0 heterocycles. The van der Waals surface area contributed by atoms with Gasteiger partial charge in [-0.1, -0.05) is 6.92 Å². The van der Waals surface area contributed by atoms with Crippen LogP contribution in [0.25, 0.3) is 0 Å². The minimum Gasteiger partial charge on any atom is -0.390 e. The molecular formula is C10H23NO. The van der Waals surface area contributed by atoms with Gasteiger partial charge in [0, 0.05) is 6.04 Å². The van der Waals surface area contributed by atoms with Crippen LogP contribution in [-0.4, -0.2) is 35.7 Å². The zero-order valence-corrected chi connectivity index (χ0v) is 9.09. The zero-order valence-electron chi connectivity index (χ0n) is 9.09. The Kier molecular flexibility index (Phi) is 4.80. The molecule has 0 amide bonds. The third kappa shape index (κ3) is 5.56. The normalized spacial score (nSPS) is 15.2. The summed E-state index contributed by atoms with van der Waals surface area (Å²) in [5.41, 5.74) is -0.510. The summed E-state index contributed by atoms with van der Waals surface area (Å²) in [6, 6.07) is 0.608. The summed E-state index contributed by atoms with van der Waals surface area (Å²) in [5, 5.41) is 9.53. The summed E-state index contributed by atoms with van der Waals surface area (Å²) in [4.78, 5) is 2.23. The second-order valence-electron chi connectivity index (χ2n) is 4.38. The Hall–Kier alpha value is -0.0800. The second kappa shape index (κ2) is 4.83. The van der Waals surface area contributed by atoms with E-state index in [-0.39, 0.29) is 0 Å². The van der Waals surface area contributed by atoms with Crippen molar-refractivity contribution >= 4 is 0 Å². The van der Waals surface area contributed by atoms with E-state index < -0.39 is 5.60 Å². The fraction of sp³-hybridized carbons (Fsp3) is 1.00. The van der Waals surface area contributed by atoms with Crippen molar-refractivity contribution in [2.45, 2.75) is 51.7 Å². The Morgan fingerprint density at radius 3 is 2.08 bits per heavy atom. The first-order chi connectivity index (χ1) is 5.37. The predicted molar refractivity (Wildman–Crippen MR) is 53.3 cm³/mol. The third-order valence-corrected chi connectivity index (χ3v) is 2.29. The molecule has 1 unspecified atom stereocenters. The summed E-state index contributed by atoms with van der Waals surface area (Å²) < 4.78 is 0. The van der Waals surface area contributed by atoms with Crippen molar-refractivity contribution in [1.82, 2.24) is 4.90 Å². The molecule has 74 valence electrons. The summed E-state index contributed by atoms with van der Waals surface area (Å²) in [6.07, 6.45) is 3.11. The second-order valence-corrected chi connectivity index (χ2v) is 4.38. The van der Waals surface area contributed by atoms with E-state index in [1.54, 1.807) is 0 Å². The van der Waals surface area contributed by atoms with Crippen LogP contribution >= 0.6 is 0 Å². The Morgan fingerprint density at radius 2 is 1.83 bits per heavy atom. The van der Waals surface area contributed by atoms with Gasteiger partial charge in [0.15, 0.2) is 0 Å². The summed E-state index contributed by atoms with van der Waals surface area (Å²) in [7, 11) is 4.19. The molecule has 12 heavy (non-hydrogen) atoms. The average molecular weight is 173 g/mol. The molecule has 0 aromatic carbocycles. The number of hydrogen-bond acceptors (Lipinski definition) is 2. The zero-order chi connectivity index (χ0) is 9.78. The van der Waals surface area contributed by atoms with Gasteiger partial charge in [-0.25, -0.2) is 0 Å². The number of nitrogens with zero attached hydrogens (tertiary/aromatic N) is 1. The van der Waals surface area contributed by atoms with Crippen LogP contribution in [0.15, 0.2) is 0 Å². The van der Waals surface area contributed by atoms with Crippen LogP contribution in [0.5, 0.6) is 0 Å². The van der Waals surface area contributed by atoms with Crippen LogP contribution in [0.4, 0.5) is 0 Å². The molecule has 0 aliphatic heterocycles. The van der Waals surface area contributed by atoms with Gasteiger partial charge in [0.2, 0.25) is 0 Å². The van der Waals surface area contributed by atoms with Crippen molar-refractivity contribution in [3.63, 3.8) is 0 Å². The van der Waals surface area contributed by atoms with Crippen molar-refractivity contribution in [3.8, 4) is 0 Å². The van der Waals surface area contributed by atoms with Gasteiger partial charge < -0.3 is 10.0 Å². The average Bonchev–Trinajstić information content (AvgIpc) is 1.85. The number of aliphatic hydroxyl groups is 1. The molecule has 0 aromatic rings. The Bertz CT molecular complexity index is 115. The smallest absolute Gasteiger partial charge is 0.0592 e. The van der Waals surface area contributed by atoms with E-state index in [9.17, 15) is 5.11 Å². The SMILES string of the molecule is CCC(CCC(C)(C)O)N(C)C. The van der Waals surface area contributed by atoms with Gasteiger partial charge in [0.05, 0.1) is 5.60 Å². The first kappa shape index (κ1) is 11.9. The number of hydrogen-bond donors (Lipinski definition) is 1. The molecule has 0 bridgehead atoms. The molecule has 0 radical (unpaired) electrons. The molecule has 1 atom stereocenters. The highest BCUT2D eigenvalue weighted by molar-refractivity contribution is 4.71. The van der Waals surface area contributed by atoms with Crippen LogP contribution in [0.2, 0.25) is 0 Å².